The molecular weight excluding hydrogens is 202 g/mol. The summed E-state index contributed by atoms with van der Waals surface area (Å²) in [6.45, 7) is 2.24. The van der Waals surface area contributed by atoms with E-state index in [1.165, 1.54) is 44.9 Å². The van der Waals surface area contributed by atoms with E-state index in [-0.39, 0.29) is 12.0 Å². The molecule has 1 aliphatic rings. The first kappa shape index (κ1) is 13.5. The molecule has 2 N–H and O–H groups in total. The quantitative estimate of drug-likeness (QED) is 0.461. The molecule has 0 aromatic carbocycles. The van der Waals surface area contributed by atoms with E-state index in [1.807, 2.05) is 0 Å². The van der Waals surface area contributed by atoms with Crippen molar-refractivity contribution in [2.75, 3.05) is 0 Å². The molecule has 0 aromatic heterocycles. The van der Waals surface area contributed by atoms with Crippen LogP contribution in [-0.4, -0.2) is 18.1 Å². The van der Waals surface area contributed by atoms with E-state index < -0.39 is 0 Å². The van der Waals surface area contributed by atoms with Crippen LogP contribution in [0.25, 0.3) is 0 Å². The van der Waals surface area contributed by atoms with Gasteiger partial charge in [0, 0.05) is 0 Å². The lowest BCUT2D eigenvalue weighted by Crippen LogP contribution is -2.14. The number of epoxide rings is 1. The SMILES string of the molecule is CCCCCCCCC[C@@H]1O[C@@H]1CC(N)=O. The number of primary amides is 1. The Morgan fingerprint density at radius 2 is 1.69 bits per heavy atom. The lowest BCUT2D eigenvalue weighted by atomic mass is 10.1. The van der Waals surface area contributed by atoms with Gasteiger partial charge in [-0.15, -0.1) is 0 Å². The van der Waals surface area contributed by atoms with E-state index in [1.54, 1.807) is 0 Å². The van der Waals surface area contributed by atoms with Crippen LogP contribution in [0.1, 0.15) is 64.7 Å². The topological polar surface area (TPSA) is 55.6 Å². The normalized spacial score (nSPS) is 23.3. The molecule has 0 bridgehead atoms. The van der Waals surface area contributed by atoms with Crippen LogP contribution in [0.5, 0.6) is 0 Å². The number of carbonyl (C=O) groups is 1. The summed E-state index contributed by atoms with van der Waals surface area (Å²) < 4.78 is 5.37. The number of ether oxygens (including phenoxy) is 1. The van der Waals surface area contributed by atoms with Gasteiger partial charge in [0.2, 0.25) is 5.91 Å². The highest BCUT2D eigenvalue weighted by Crippen LogP contribution is 2.29. The maximum absolute atomic E-state index is 10.6. The number of rotatable bonds is 10. The third-order valence-electron chi connectivity index (χ3n) is 3.18. The third kappa shape index (κ3) is 6.11. The van der Waals surface area contributed by atoms with E-state index in [0.717, 1.165) is 6.42 Å². The van der Waals surface area contributed by atoms with Crippen LogP contribution in [0.3, 0.4) is 0 Å². The van der Waals surface area contributed by atoms with Crippen molar-refractivity contribution in [3.63, 3.8) is 0 Å². The van der Waals surface area contributed by atoms with Gasteiger partial charge in [-0.2, -0.15) is 0 Å². The second-order valence-corrected chi connectivity index (χ2v) is 4.79. The number of amides is 1. The molecule has 1 aliphatic heterocycles. The van der Waals surface area contributed by atoms with Gasteiger partial charge in [0.05, 0.1) is 18.6 Å². The van der Waals surface area contributed by atoms with Crippen molar-refractivity contribution in [3.05, 3.63) is 0 Å². The average Bonchev–Trinajstić information content (AvgIpc) is 2.94. The molecule has 1 rings (SSSR count). The summed E-state index contributed by atoms with van der Waals surface area (Å²) in [5.74, 6) is -0.243. The molecule has 0 spiro atoms. The van der Waals surface area contributed by atoms with Crippen molar-refractivity contribution >= 4 is 5.91 Å². The summed E-state index contributed by atoms with van der Waals surface area (Å²) in [7, 11) is 0. The van der Waals surface area contributed by atoms with Crippen LogP contribution in [-0.2, 0) is 9.53 Å². The van der Waals surface area contributed by atoms with Gasteiger partial charge in [-0.25, -0.2) is 0 Å². The monoisotopic (exact) mass is 227 g/mol. The Hall–Kier alpha value is -0.570. The van der Waals surface area contributed by atoms with Gasteiger partial charge in [0.15, 0.2) is 0 Å². The Morgan fingerprint density at radius 1 is 1.06 bits per heavy atom. The Labute approximate surface area is 98.7 Å². The van der Waals surface area contributed by atoms with Gasteiger partial charge in [-0.05, 0) is 6.42 Å². The predicted octanol–water partition coefficient (Wildman–Crippen LogP) is 2.77. The number of hydrogen-bond acceptors (Lipinski definition) is 2. The van der Waals surface area contributed by atoms with Gasteiger partial charge in [0.1, 0.15) is 0 Å². The summed E-state index contributed by atoms with van der Waals surface area (Å²) in [5.41, 5.74) is 5.10. The van der Waals surface area contributed by atoms with Crippen molar-refractivity contribution in [2.24, 2.45) is 5.73 Å². The highest BCUT2D eigenvalue weighted by Gasteiger charge is 2.38. The molecule has 3 nitrogen and oxygen atoms in total. The van der Waals surface area contributed by atoms with Gasteiger partial charge < -0.3 is 10.5 Å². The smallest absolute Gasteiger partial charge is 0.220 e. The minimum Gasteiger partial charge on any atom is -0.370 e. The molecule has 1 saturated heterocycles. The number of nitrogens with two attached hydrogens (primary N) is 1. The van der Waals surface area contributed by atoms with Crippen LogP contribution >= 0.6 is 0 Å². The molecule has 0 saturated carbocycles. The summed E-state index contributed by atoms with van der Waals surface area (Å²) in [6.07, 6.45) is 11.3. The first-order valence-electron chi connectivity index (χ1n) is 6.67. The van der Waals surface area contributed by atoms with Crippen molar-refractivity contribution in [1.29, 1.82) is 0 Å². The molecule has 1 fully saturated rings. The second-order valence-electron chi connectivity index (χ2n) is 4.79. The first-order valence-corrected chi connectivity index (χ1v) is 6.67. The zero-order valence-corrected chi connectivity index (χ0v) is 10.4. The summed E-state index contributed by atoms with van der Waals surface area (Å²) in [6, 6.07) is 0. The Kier molecular flexibility index (Phi) is 6.46. The van der Waals surface area contributed by atoms with Crippen molar-refractivity contribution < 1.29 is 9.53 Å². The van der Waals surface area contributed by atoms with E-state index >= 15 is 0 Å². The van der Waals surface area contributed by atoms with Gasteiger partial charge in [0.25, 0.3) is 0 Å². The number of hydrogen-bond donors (Lipinski definition) is 1. The fraction of sp³-hybridized carbons (Fsp3) is 0.923. The van der Waals surface area contributed by atoms with Crippen LogP contribution in [0.15, 0.2) is 0 Å². The standard InChI is InChI=1S/C13H25NO2/c1-2-3-4-5-6-7-8-9-11-12(16-11)10-13(14)15/h11-12H,2-10H2,1H3,(H2,14,15)/t11-,12+/m0/s1. The van der Waals surface area contributed by atoms with Crippen LogP contribution in [0.4, 0.5) is 0 Å². The number of unbranched alkanes of at least 4 members (excludes halogenated alkanes) is 6. The molecule has 0 unspecified atom stereocenters. The fourth-order valence-corrected chi connectivity index (χ4v) is 2.11. The minimum atomic E-state index is -0.243. The van der Waals surface area contributed by atoms with Gasteiger partial charge in [-0.1, -0.05) is 51.9 Å². The molecule has 16 heavy (non-hydrogen) atoms. The highest BCUT2D eigenvalue weighted by molar-refractivity contribution is 5.74. The predicted molar refractivity (Wildman–Crippen MR) is 65.1 cm³/mol. The van der Waals surface area contributed by atoms with E-state index in [0.29, 0.717) is 12.5 Å². The minimum absolute atomic E-state index is 0.137. The molecule has 3 heteroatoms. The Morgan fingerprint density at radius 3 is 2.31 bits per heavy atom. The summed E-state index contributed by atoms with van der Waals surface area (Å²) in [4.78, 5) is 10.6. The summed E-state index contributed by atoms with van der Waals surface area (Å²) in [5, 5.41) is 0. The van der Waals surface area contributed by atoms with Gasteiger partial charge in [-0.3, -0.25) is 4.79 Å². The van der Waals surface area contributed by atoms with E-state index in [2.05, 4.69) is 6.92 Å². The van der Waals surface area contributed by atoms with Crippen molar-refractivity contribution in [3.8, 4) is 0 Å². The molecule has 2 atom stereocenters. The van der Waals surface area contributed by atoms with Crippen molar-refractivity contribution in [2.45, 2.75) is 76.9 Å². The lowest BCUT2D eigenvalue weighted by molar-refractivity contribution is -0.118. The van der Waals surface area contributed by atoms with Gasteiger partial charge >= 0.3 is 0 Å². The third-order valence-corrected chi connectivity index (χ3v) is 3.18. The molecule has 0 aliphatic carbocycles. The number of carbonyl (C=O) groups excluding carboxylic acids is 1. The van der Waals surface area contributed by atoms with Crippen LogP contribution < -0.4 is 5.73 Å². The Bertz CT molecular complexity index is 206. The summed E-state index contributed by atoms with van der Waals surface area (Å²) >= 11 is 0. The molecule has 94 valence electrons. The maximum atomic E-state index is 10.6. The second kappa shape index (κ2) is 7.66. The van der Waals surface area contributed by atoms with Crippen molar-refractivity contribution in [1.82, 2.24) is 0 Å². The first-order chi connectivity index (χ1) is 7.74. The van der Waals surface area contributed by atoms with E-state index in [9.17, 15) is 4.79 Å². The zero-order valence-electron chi connectivity index (χ0n) is 10.4. The van der Waals surface area contributed by atoms with Crippen LogP contribution in [0, 0.1) is 0 Å². The molecule has 0 radical (unpaired) electrons. The maximum Gasteiger partial charge on any atom is 0.220 e. The fourth-order valence-electron chi connectivity index (χ4n) is 2.11. The largest absolute Gasteiger partial charge is 0.370 e. The Balaban J connectivity index is 1.81. The molecule has 1 amide bonds. The van der Waals surface area contributed by atoms with E-state index in [4.69, 9.17) is 10.5 Å². The highest BCUT2D eigenvalue weighted by atomic mass is 16.6. The molecular formula is C13H25NO2. The average molecular weight is 227 g/mol. The molecule has 0 aromatic rings. The molecule has 1 heterocycles. The zero-order chi connectivity index (χ0) is 11.8. The lowest BCUT2D eigenvalue weighted by Gasteiger charge is -1.99. The van der Waals surface area contributed by atoms with Crippen LogP contribution in [0.2, 0.25) is 0 Å².